The van der Waals surface area contributed by atoms with Crippen molar-refractivity contribution in [2.45, 2.75) is 287 Å². The standard InChI is InChI=1S/C15H22F2N2.C15H23FN2.C14H19F2N.C14H21FN2.C14H22N2.C14H24N2.C13H21FN2.C13H20N2.C12H18N2/c1-12(2)19-10-14(5-4-13(19)3)6-8-18-9-7-15(16,17)11-18;1-11(2)18-8-14(12(3)7-13(18)4)5-6-17-9-15(16)10-17;1-10(2)17-9-12(5-4-11(17)3)6-13-7-14(15,16)8-13;1-11(2)17-8-13(5-4-12(17)3)6-7-16-9-14(15)10-16;1-12(2)16-11-14(6-5-13(16)3)7-10-15-8-4-9-15;1-11(2)16-8-7-14(9-13(16)4)12(3)10-15(5)6;1-10(2)16-7-6-12(8-11(16)3)13(14)9-15(4)5;1-10(2)15-9-13-8-14(4)6-5-12(13)7-11(15)3;1-9(2)14-8-12-7-13(4)6-11(12)5-10(14)3/h4-5,10,12H,3,6-9,11H2,1-2H3;7-8,11,15H,4-6,9-10H2,1-3H3;4-5,9-10,13H,3,6-8H2,1-2H3;4-5,8,11,14H,3,6-7,9-10H2,1-2H3;5-6,11-12H,3-4,7-10H2,1-2H3;7-9,11-12H,4,10H2,1-3,5-6H3;6-8,10,13H,3,9H2,1-2,4-5H3;7,9-10H,3,5-6,8H2,1-2,4H3;5,8-9H,3,6-7H2,1-2,4H3. The number of likely N-dealkylation sites (tertiary alicyclic amines) is 6. The fraction of sp³-hybridized carbons (Fsp3) is 0.565. The first kappa shape index (κ1) is 124. The van der Waals surface area contributed by atoms with E-state index in [4.69, 9.17) is 0 Å². The van der Waals surface area contributed by atoms with Crippen LogP contribution in [-0.4, -0.2) is 328 Å². The molecule has 0 aromatic rings. The van der Waals surface area contributed by atoms with Gasteiger partial charge in [-0.1, -0.05) is 90.4 Å². The van der Waals surface area contributed by atoms with Gasteiger partial charge in [-0.15, -0.1) is 0 Å². The van der Waals surface area contributed by atoms with E-state index in [2.05, 4.69) is 393 Å². The fourth-order valence-electron chi connectivity index (χ4n) is 19.9. The van der Waals surface area contributed by atoms with E-state index in [0.29, 0.717) is 112 Å². The Kier molecular flexibility index (Phi) is 48.2. The molecule has 2 unspecified atom stereocenters. The van der Waals surface area contributed by atoms with Crippen molar-refractivity contribution in [2.75, 3.05) is 160 Å². The Morgan fingerprint density at radius 2 is 0.703 bits per heavy atom. The van der Waals surface area contributed by atoms with E-state index < -0.39 is 30.4 Å². The molecule has 0 N–H and O–H groups in total. The van der Waals surface area contributed by atoms with Gasteiger partial charge in [-0.25, -0.2) is 30.7 Å². The van der Waals surface area contributed by atoms with Crippen LogP contribution in [0.25, 0.3) is 0 Å². The van der Waals surface area contributed by atoms with Gasteiger partial charge in [0.05, 0.1) is 6.54 Å². The van der Waals surface area contributed by atoms with Crippen molar-refractivity contribution in [2.24, 2.45) is 11.8 Å². The minimum absolute atomic E-state index is 0.00316. The number of alkyl halides is 7. The average molecular weight is 2050 g/mol. The summed E-state index contributed by atoms with van der Waals surface area (Å²) in [5.74, 6) is -4.21. The lowest BCUT2D eigenvalue weighted by Gasteiger charge is -2.36. The van der Waals surface area contributed by atoms with Gasteiger partial charge in [0.1, 0.15) is 18.5 Å². The summed E-state index contributed by atoms with van der Waals surface area (Å²) in [4.78, 5) is 37.0. The van der Waals surface area contributed by atoms with Crippen LogP contribution in [0.4, 0.5) is 30.7 Å². The van der Waals surface area contributed by atoms with Crippen molar-refractivity contribution in [3.8, 4) is 0 Å². The molecule has 1 saturated carbocycles. The fourth-order valence-corrected chi connectivity index (χ4v) is 19.9. The summed E-state index contributed by atoms with van der Waals surface area (Å²) in [5, 5.41) is 0. The minimum Gasteiger partial charge on any atom is -0.346 e. The van der Waals surface area contributed by atoms with Crippen LogP contribution in [0.15, 0.2) is 324 Å². The molecule has 6 saturated heterocycles. The maximum Gasteiger partial charge on any atom is 0.261 e. The van der Waals surface area contributed by atoms with Gasteiger partial charge in [-0.3, -0.25) is 19.6 Å². The molecular formula is C124H190F7N17. The molecule has 15 heterocycles. The molecule has 0 amide bonds. The van der Waals surface area contributed by atoms with Crippen molar-refractivity contribution in [1.82, 2.24) is 83.3 Å². The van der Waals surface area contributed by atoms with Crippen LogP contribution < -0.4 is 0 Å². The quantitative estimate of drug-likeness (QED) is 0.0668. The molecule has 0 aromatic carbocycles. The number of fused-ring (bicyclic) bond motifs is 2. The number of piperidine rings is 1. The van der Waals surface area contributed by atoms with Crippen LogP contribution in [0.1, 0.15) is 203 Å². The number of allylic oxidation sites excluding steroid dienone is 17. The van der Waals surface area contributed by atoms with Crippen molar-refractivity contribution < 1.29 is 30.7 Å². The second-order valence-electron chi connectivity index (χ2n) is 45.8. The SMILES string of the molecule is C=C1C=C(C(C)CN(C)C)C=CN1C(C)C.C=C1C=C(C(F)CN(C)C)C=CN1C(C)C.C=C1C=C(C)C(CCN2CC(F)C2)=CN1C(C)C.C=C1C=C2CCN(C)CC2=CN1C(C)C.C=C1C=C2CN(C)CC2=CN1C(C)C.C=C1C=CC(CC2CC(F)(F)C2)=CN1C(C)C.C=C1C=CC(CCN2CC(F)C2)=CN1C(C)C.C=C1C=CC(CCN2CCC(F)(F)C2)=CN1C(C)C.C=C1C=CC(CCN2CCC2)=CN1C(C)C. The van der Waals surface area contributed by atoms with E-state index in [-0.39, 0.29) is 31.7 Å². The molecule has 16 rings (SSSR count). The van der Waals surface area contributed by atoms with Gasteiger partial charge >= 0.3 is 0 Å². The zero-order valence-electron chi connectivity index (χ0n) is 95.9. The second kappa shape index (κ2) is 57.7. The van der Waals surface area contributed by atoms with Crippen LogP contribution in [0.3, 0.4) is 0 Å². The molecule has 0 radical (unpaired) electrons. The molecule has 0 spiro atoms. The first-order chi connectivity index (χ1) is 69.4. The molecule has 0 aromatic heterocycles. The second-order valence-corrected chi connectivity index (χ2v) is 45.8. The molecule has 1 aliphatic carbocycles. The monoisotopic (exact) mass is 2050 g/mol. The maximum absolute atomic E-state index is 13.8. The number of rotatable bonds is 29. The molecule has 24 heteroatoms. The zero-order valence-corrected chi connectivity index (χ0v) is 95.9. The highest BCUT2D eigenvalue weighted by Gasteiger charge is 2.45. The lowest BCUT2D eigenvalue weighted by Crippen LogP contribution is -2.48. The summed E-state index contributed by atoms with van der Waals surface area (Å²) in [6.45, 7) is 94.6. The summed E-state index contributed by atoms with van der Waals surface area (Å²) < 4.78 is 90.9. The summed E-state index contributed by atoms with van der Waals surface area (Å²) in [6, 6.07) is 3.90. The van der Waals surface area contributed by atoms with E-state index in [9.17, 15) is 30.7 Å². The number of likely N-dealkylation sites (N-methyl/N-ethyl adjacent to an activating group) is 2. The van der Waals surface area contributed by atoms with Crippen molar-refractivity contribution in [3.05, 3.63) is 324 Å². The maximum atomic E-state index is 13.8. The van der Waals surface area contributed by atoms with Gasteiger partial charge < -0.3 is 63.7 Å². The molecule has 820 valence electrons. The largest absolute Gasteiger partial charge is 0.346 e. The summed E-state index contributed by atoms with van der Waals surface area (Å²) in [7, 11) is 12.3. The molecule has 16 aliphatic rings. The van der Waals surface area contributed by atoms with E-state index in [1.807, 2.05) is 77.7 Å². The van der Waals surface area contributed by atoms with Gasteiger partial charge in [0.2, 0.25) is 5.92 Å². The third-order valence-electron chi connectivity index (χ3n) is 28.7. The highest BCUT2D eigenvalue weighted by atomic mass is 19.3. The van der Waals surface area contributed by atoms with Gasteiger partial charge in [0.25, 0.3) is 5.92 Å². The van der Waals surface area contributed by atoms with Crippen molar-refractivity contribution >= 4 is 0 Å². The highest BCUT2D eigenvalue weighted by Crippen LogP contribution is 2.46. The lowest BCUT2D eigenvalue weighted by molar-refractivity contribution is -0.109. The van der Waals surface area contributed by atoms with Crippen LogP contribution in [0.2, 0.25) is 0 Å². The van der Waals surface area contributed by atoms with E-state index in [1.165, 1.54) is 81.8 Å². The molecular weight excluding hydrogens is 1860 g/mol. The predicted molar refractivity (Wildman–Crippen MR) is 614 cm³/mol. The zero-order chi connectivity index (χ0) is 110. The number of hydrogen-bond donors (Lipinski definition) is 0. The van der Waals surface area contributed by atoms with E-state index in [1.54, 1.807) is 0 Å². The summed E-state index contributed by atoms with van der Waals surface area (Å²) in [5.41, 5.74) is 24.9. The third kappa shape index (κ3) is 39.2. The molecule has 17 nitrogen and oxygen atoms in total. The van der Waals surface area contributed by atoms with Crippen LogP contribution in [0, 0.1) is 11.8 Å². The summed E-state index contributed by atoms with van der Waals surface area (Å²) in [6.07, 6.45) is 55.7. The van der Waals surface area contributed by atoms with Crippen LogP contribution in [-0.2, 0) is 0 Å². The van der Waals surface area contributed by atoms with Crippen molar-refractivity contribution in [1.29, 1.82) is 0 Å². The minimum atomic E-state index is -2.49. The van der Waals surface area contributed by atoms with Gasteiger partial charge in [0.15, 0.2) is 0 Å². The number of hydrogen-bond acceptors (Lipinski definition) is 17. The Morgan fingerprint density at radius 3 is 1.09 bits per heavy atom. The third-order valence-corrected chi connectivity index (χ3v) is 28.7. The van der Waals surface area contributed by atoms with Gasteiger partial charge in [-0.05, 0) is 377 Å². The van der Waals surface area contributed by atoms with Gasteiger partial charge in [0, 0.05) is 279 Å². The lowest BCUT2D eigenvalue weighted by atomic mass is 9.77. The Hall–Kier alpha value is -9.63. The molecule has 7 fully saturated rings. The molecule has 0 bridgehead atoms. The number of nitrogens with zero attached hydrogens (tertiary/aromatic N) is 17. The predicted octanol–water partition coefficient (Wildman–Crippen LogP) is 25.8. The van der Waals surface area contributed by atoms with Crippen LogP contribution in [0.5, 0.6) is 0 Å². The van der Waals surface area contributed by atoms with Crippen molar-refractivity contribution in [3.63, 3.8) is 0 Å². The Bertz CT molecular complexity index is 5060. The smallest absolute Gasteiger partial charge is 0.261 e. The Morgan fingerprint density at radius 1 is 0.351 bits per heavy atom. The Balaban J connectivity index is 0.000000203. The first-order valence-corrected chi connectivity index (χ1v) is 54.5. The molecule has 15 aliphatic heterocycles. The molecule has 2 atom stereocenters. The van der Waals surface area contributed by atoms with E-state index >= 15 is 0 Å². The van der Waals surface area contributed by atoms with Crippen LogP contribution >= 0.6 is 0 Å². The molecule has 148 heavy (non-hydrogen) atoms. The normalized spacial score (nSPS) is 21.6. The summed E-state index contributed by atoms with van der Waals surface area (Å²) >= 11 is 0. The Labute approximate surface area is 892 Å². The van der Waals surface area contributed by atoms with E-state index in [0.717, 1.165) is 141 Å². The number of halogens is 7. The van der Waals surface area contributed by atoms with Gasteiger partial charge in [-0.2, -0.15) is 0 Å². The topological polar surface area (TPSA) is 55.1 Å². The highest BCUT2D eigenvalue weighted by molar-refractivity contribution is 5.48. The average Bonchev–Trinajstić information content (AvgIpc) is 1.68. The first-order valence-electron chi connectivity index (χ1n) is 54.5.